The molecule has 1 aromatic rings. The van der Waals surface area contributed by atoms with Crippen molar-refractivity contribution in [1.29, 1.82) is 0 Å². The minimum atomic E-state index is -0.161. The number of carbonyl (C=O) groups is 1. The van der Waals surface area contributed by atoms with Crippen molar-refractivity contribution in [2.75, 3.05) is 0 Å². The lowest BCUT2D eigenvalue weighted by Gasteiger charge is -2.01. The Morgan fingerprint density at radius 3 is 3.00 bits per heavy atom. The zero-order valence-corrected chi connectivity index (χ0v) is 7.45. The van der Waals surface area contributed by atoms with Crippen molar-refractivity contribution in [3.8, 4) is 0 Å². The third kappa shape index (κ3) is 2.02. The van der Waals surface area contributed by atoms with Gasteiger partial charge in [-0.2, -0.15) is 0 Å². The van der Waals surface area contributed by atoms with E-state index in [0.29, 0.717) is 6.04 Å². The molecule has 0 radical (unpaired) electrons. The number of nitrogens with zero attached hydrogens (tertiary/aromatic N) is 2. The summed E-state index contributed by atoms with van der Waals surface area (Å²) in [6.07, 6.45) is 3.76. The first-order valence-electron chi connectivity index (χ1n) is 4.36. The summed E-state index contributed by atoms with van der Waals surface area (Å²) < 4.78 is 0. The lowest BCUT2D eigenvalue weighted by atomic mass is 10.4. The minimum Gasteiger partial charge on any atom is -0.347 e. The highest BCUT2D eigenvalue weighted by Crippen LogP contribution is 2.18. The highest BCUT2D eigenvalue weighted by atomic mass is 16.2. The van der Waals surface area contributed by atoms with Gasteiger partial charge in [0.1, 0.15) is 0 Å². The van der Waals surface area contributed by atoms with E-state index in [-0.39, 0.29) is 11.7 Å². The maximum atomic E-state index is 11.4. The molecule has 0 aromatic carbocycles. The Morgan fingerprint density at radius 1 is 1.62 bits per heavy atom. The standard InChI is InChI=1S/C9H11N3O/c1-6-4-5-10-8(11-6)9(13)12-7-2-3-7/h4-5,7H,2-3H2,1H3,(H,12,13). The molecule has 4 nitrogen and oxygen atoms in total. The molecule has 1 aromatic heterocycles. The van der Waals surface area contributed by atoms with Crippen molar-refractivity contribution < 1.29 is 4.79 Å². The van der Waals surface area contributed by atoms with Gasteiger partial charge in [0.2, 0.25) is 5.82 Å². The largest absolute Gasteiger partial charge is 0.347 e. The number of aryl methyl sites for hydroxylation is 1. The minimum absolute atomic E-state index is 0.161. The molecule has 68 valence electrons. The van der Waals surface area contributed by atoms with Gasteiger partial charge in [-0.15, -0.1) is 0 Å². The second-order valence-corrected chi connectivity index (χ2v) is 3.27. The van der Waals surface area contributed by atoms with Crippen LogP contribution >= 0.6 is 0 Å². The third-order valence-electron chi connectivity index (χ3n) is 1.91. The van der Waals surface area contributed by atoms with Crippen LogP contribution in [0.3, 0.4) is 0 Å². The molecule has 0 bridgehead atoms. The molecule has 0 aliphatic heterocycles. The second-order valence-electron chi connectivity index (χ2n) is 3.27. The smallest absolute Gasteiger partial charge is 0.289 e. The molecule has 1 saturated carbocycles. The zero-order valence-electron chi connectivity index (χ0n) is 7.45. The number of hydrogen-bond acceptors (Lipinski definition) is 3. The third-order valence-corrected chi connectivity index (χ3v) is 1.91. The molecule has 0 atom stereocenters. The number of nitrogens with one attached hydrogen (secondary N) is 1. The van der Waals surface area contributed by atoms with E-state index in [2.05, 4.69) is 15.3 Å². The van der Waals surface area contributed by atoms with Gasteiger partial charge in [0.25, 0.3) is 5.91 Å². The highest BCUT2D eigenvalue weighted by Gasteiger charge is 2.24. The van der Waals surface area contributed by atoms with Crippen LogP contribution in [0.15, 0.2) is 12.3 Å². The molecule has 13 heavy (non-hydrogen) atoms. The summed E-state index contributed by atoms with van der Waals surface area (Å²) in [5.41, 5.74) is 0.816. The fourth-order valence-corrected chi connectivity index (χ4v) is 1.04. The van der Waals surface area contributed by atoms with Crippen LogP contribution < -0.4 is 5.32 Å². The van der Waals surface area contributed by atoms with E-state index < -0.39 is 0 Å². The maximum absolute atomic E-state index is 11.4. The Labute approximate surface area is 76.4 Å². The summed E-state index contributed by atoms with van der Waals surface area (Å²) >= 11 is 0. The molecular weight excluding hydrogens is 166 g/mol. The monoisotopic (exact) mass is 177 g/mol. The normalized spacial score (nSPS) is 15.5. The molecule has 1 heterocycles. The Balaban J connectivity index is 2.09. The van der Waals surface area contributed by atoms with Crippen LogP contribution in [-0.4, -0.2) is 21.9 Å². The Morgan fingerprint density at radius 2 is 2.38 bits per heavy atom. The fourth-order valence-electron chi connectivity index (χ4n) is 1.04. The number of hydrogen-bond donors (Lipinski definition) is 1. The van der Waals surface area contributed by atoms with Gasteiger partial charge in [0, 0.05) is 17.9 Å². The number of aromatic nitrogens is 2. The summed E-state index contributed by atoms with van der Waals surface area (Å²) in [4.78, 5) is 19.3. The Kier molecular flexibility index (Phi) is 1.96. The summed E-state index contributed by atoms with van der Waals surface area (Å²) in [6.45, 7) is 1.84. The van der Waals surface area contributed by atoms with Crippen LogP contribution in [-0.2, 0) is 0 Å². The predicted molar refractivity (Wildman–Crippen MR) is 47.3 cm³/mol. The molecule has 4 heteroatoms. The van der Waals surface area contributed by atoms with Gasteiger partial charge >= 0.3 is 0 Å². The van der Waals surface area contributed by atoms with E-state index in [1.807, 2.05) is 6.92 Å². The zero-order chi connectivity index (χ0) is 9.26. The first kappa shape index (κ1) is 8.16. The fraction of sp³-hybridized carbons (Fsp3) is 0.444. The van der Waals surface area contributed by atoms with Gasteiger partial charge in [-0.3, -0.25) is 4.79 Å². The Bertz CT molecular complexity index is 333. The van der Waals surface area contributed by atoms with Crippen LogP contribution in [0, 0.1) is 6.92 Å². The molecule has 1 fully saturated rings. The molecule has 1 N–H and O–H groups in total. The van der Waals surface area contributed by atoms with Gasteiger partial charge in [0.15, 0.2) is 0 Å². The molecular formula is C9H11N3O. The lowest BCUT2D eigenvalue weighted by Crippen LogP contribution is -2.27. The van der Waals surface area contributed by atoms with Gasteiger partial charge in [-0.25, -0.2) is 9.97 Å². The van der Waals surface area contributed by atoms with Gasteiger partial charge in [0.05, 0.1) is 0 Å². The van der Waals surface area contributed by atoms with Crippen molar-refractivity contribution >= 4 is 5.91 Å². The van der Waals surface area contributed by atoms with Crippen LogP contribution in [0.1, 0.15) is 29.2 Å². The summed E-state index contributed by atoms with van der Waals surface area (Å²) in [5.74, 6) is 0.109. The van der Waals surface area contributed by atoms with E-state index in [0.717, 1.165) is 18.5 Å². The van der Waals surface area contributed by atoms with Crippen molar-refractivity contribution in [3.05, 3.63) is 23.8 Å². The summed E-state index contributed by atoms with van der Waals surface area (Å²) in [7, 11) is 0. The van der Waals surface area contributed by atoms with E-state index in [1.165, 1.54) is 0 Å². The average molecular weight is 177 g/mol. The van der Waals surface area contributed by atoms with E-state index in [4.69, 9.17) is 0 Å². The average Bonchev–Trinajstić information content (AvgIpc) is 2.88. The second kappa shape index (κ2) is 3.12. The topological polar surface area (TPSA) is 54.9 Å². The molecule has 1 aliphatic carbocycles. The molecule has 0 unspecified atom stereocenters. The van der Waals surface area contributed by atoms with Crippen LogP contribution in [0.25, 0.3) is 0 Å². The van der Waals surface area contributed by atoms with Gasteiger partial charge < -0.3 is 5.32 Å². The first-order valence-corrected chi connectivity index (χ1v) is 4.36. The number of amides is 1. The SMILES string of the molecule is Cc1ccnc(C(=O)NC2CC2)n1. The lowest BCUT2D eigenvalue weighted by molar-refractivity contribution is 0.0940. The molecule has 2 rings (SSSR count). The number of rotatable bonds is 2. The molecule has 1 aliphatic rings. The maximum Gasteiger partial charge on any atom is 0.289 e. The van der Waals surface area contributed by atoms with Gasteiger partial charge in [-0.1, -0.05) is 0 Å². The predicted octanol–water partition coefficient (Wildman–Crippen LogP) is 0.677. The Hall–Kier alpha value is -1.45. The van der Waals surface area contributed by atoms with Crippen molar-refractivity contribution in [2.45, 2.75) is 25.8 Å². The van der Waals surface area contributed by atoms with Crippen LogP contribution in [0.2, 0.25) is 0 Å². The molecule has 1 amide bonds. The number of carbonyl (C=O) groups excluding carboxylic acids is 1. The van der Waals surface area contributed by atoms with E-state index in [9.17, 15) is 4.79 Å². The quantitative estimate of drug-likeness (QED) is 0.722. The van der Waals surface area contributed by atoms with Crippen LogP contribution in [0.4, 0.5) is 0 Å². The molecule has 0 spiro atoms. The van der Waals surface area contributed by atoms with Crippen molar-refractivity contribution in [2.24, 2.45) is 0 Å². The van der Waals surface area contributed by atoms with E-state index >= 15 is 0 Å². The van der Waals surface area contributed by atoms with Crippen molar-refractivity contribution in [1.82, 2.24) is 15.3 Å². The summed E-state index contributed by atoms with van der Waals surface area (Å²) in [5, 5.41) is 2.83. The van der Waals surface area contributed by atoms with Gasteiger partial charge in [-0.05, 0) is 25.8 Å². The first-order chi connectivity index (χ1) is 6.25. The summed E-state index contributed by atoms with van der Waals surface area (Å²) in [6, 6.07) is 2.13. The highest BCUT2D eigenvalue weighted by molar-refractivity contribution is 5.90. The van der Waals surface area contributed by atoms with E-state index in [1.54, 1.807) is 12.3 Å². The van der Waals surface area contributed by atoms with Crippen molar-refractivity contribution in [3.63, 3.8) is 0 Å². The van der Waals surface area contributed by atoms with Crippen LogP contribution in [0.5, 0.6) is 0 Å². The molecule has 0 saturated heterocycles.